The number of ether oxygens (including phenoxy) is 1. The van der Waals surface area contributed by atoms with Gasteiger partial charge in [0.15, 0.2) is 0 Å². The molecule has 1 aliphatic rings. The molecule has 0 aromatic carbocycles. The van der Waals surface area contributed by atoms with Gasteiger partial charge in [-0.2, -0.15) is 0 Å². The third-order valence-corrected chi connectivity index (χ3v) is 3.62. The van der Waals surface area contributed by atoms with Crippen molar-refractivity contribution in [3.63, 3.8) is 0 Å². The molecule has 2 amide bonds. The van der Waals surface area contributed by atoms with Gasteiger partial charge in [-0.05, 0) is 25.5 Å². The van der Waals surface area contributed by atoms with Crippen LogP contribution in [0.2, 0.25) is 0 Å². The molecule has 1 N–H and O–H groups in total. The highest BCUT2D eigenvalue weighted by molar-refractivity contribution is 5.74. The van der Waals surface area contributed by atoms with Crippen molar-refractivity contribution in [3.05, 3.63) is 23.9 Å². The van der Waals surface area contributed by atoms with E-state index in [4.69, 9.17) is 4.74 Å². The Kier molecular flexibility index (Phi) is 5.38. The quantitative estimate of drug-likeness (QED) is 0.893. The van der Waals surface area contributed by atoms with E-state index in [1.807, 2.05) is 49.0 Å². The Bertz CT molecular complexity index is 472. The normalized spacial score (nSPS) is 17.6. The Morgan fingerprint density at radius 2 is 2.29 bits per heavy atom. The maximum atomic E-state index is 12.3. The number of nitrogens with zero attached hydrogens (tertiary/aromatic N) is 3. The van der Waals surface area contributed by atoms with Crippen molar-refractivity contribution in [2.24, 2.45) is 0 Å². The summed E-state index contributed by atoms with van der Waals surface area (Å²) >= 11 is 0. The zero-order valence-corrected chi connectivity index (χ0v) is 13.0. The third-order valence-electron chi connectivity index (χ3n) is 3.62. The molecule has 0 aliphatic carbocycles. The summed E-state index contributed by atoms with van der Waals surface area (Å²) < 4.78 is 5.36. The summed E-state index contributed by atoms with van der Waals surface area (Å²) in [6.45, 7) is 4.48. The van der Waals surface area contributed by atoms with Crippen LogP contribution in [0.4, 0.5) is 10.6 Å². The molecule has 6 nitrogen and oxygen atoms in total. The van der Waals surface area contributed by atoms with Crippen molar-refractivity contribution in [1.29, 1.82) is 0 Å². The molecule has 2 heterocycles. The predicted octanol–water partition coefficient (Wildman–Crippen LogP) is 1.47. The van der Waals surface area contributed by atoms with Crippen LogP contribution in [0, 0.1) is 0 Å². The Morgan fingerprint density at radius 1 is 1.48 bits per heavy atom. The highest BCUT2D eigenvalue weighted by Gasteiger charge is 2.25. The van der Waals surface area contributed by atoms with Gasteiger partial charge in [-0.1, -0.05) is 6.07 Å². The molecule has 0 bridgehead atoms. The Hall–Kier alpha value is -1.82. The van der Waals surface area contributed by atoms with E-state index in [0.29, 0.717) is 19.7 Å². The van der Waals surface area contributed by atoms with Gasteiger partial charge < -0.3 is 19.9 Å². The first kappa shape index (κ1) is 15.6. The zero-order valence-electron chi connectivity index (χ0n) is 13.0. The van der Waals surface area contributed by atoms with Crippen LogP contribution in [0.1, 0.15) is 19.0 Å². The number of hydrogen-bond donors (Lipinski definition) is 1. The molecule has 0 saturated carbocycles. The monoisotopic (exact) mass is 292 g/mol. The maximum Gasteiger partial charge on any atom is 0.318 e. The molecule has 0 spiro atoms. The Labute approximate surface area is 126 Å². The van der Waals surface area contributed by atoms with E-state index in [1.165, 1.54) is 0 Å². The van der Waals surface area contributed by atoms with Crippen molar-refractivity contribution in [2.75, 3.05) is 38.8 Å². The number of hydrogen-bond acceptors (Lipinski definition) is 4. The number of amides is 2. The Morgan fingerprint density at radius 3 is 2.90 bits per heavy atom. The van der Waals surface area contributed by atoms with E-state index in [0.717, 1.165) is 24.5 Å². The van der Waals surface area contributed by atoms with E-state index < -0.39 is 0 Å². The second-order valence-corrected chi connectivity index (χ2v) is 5.34. The molecule has 0 radical (unpaired) electrons. The molecule has 2 rings (SSSR count). The van der Waals surface area contributed by atoms with Crippen LogP contribution >= 0.6 is 0 Å². The van der Waals surface area contributed by atoms with Crippen molar-refractivity contribution < 1.29 is 9.53 Å². The van der Waals surface area contributed by atoms with Gasteiger partial charge in [-0.25, -0.2) is 9.78 Å². The first-order valence-corrected chi connectivity index (χ1v) is 7.37. The van der Waals surface area contributed by atoms with Crippen LogP contribution in [0.5, 0.6) is 0 Å². The number of aromatic nitrogens is 1. The van der Waals surface area contributed by atoms with Crippen LogP contribution in [0.25, 0.3) is 0 Å². The number of likely N-dealkylation sites (N-methyl/N-ethyl adjacent to an activating group) is 1. The topological polar surface area (TPSA) is 57.7 Å². The minimum absolute atomic E-state index is 0.0509. The summed E-state index contributed by atoms with van der Waals surface area (Å²) in [7, 11) is 3.90. The number of nitrogens with one attached hydrogen (secondary N) is 1. The molecule has 1 aromatic rings. The first-order valence-electron chi connectivity index (χ1n) is 7.37. The maximum absolute atomic E-state index is 12.3. The van der Waals surface area contributed by atoms with Gasteiger partial charge in [0.05, 0.1) is 24.9 Å². The van der Waals surface area contributed by atoms with E-state index in [1.54, 1.807) is 0 Å². The molecule has 1 atom stereocenters. The lowest BCUT2D eigenvalue weighted by atomic mass is 10.2. The van der Waals surface area contributed by atoms with Gasteiger partial charge in [-0.15, -0.1) is 0 Å². The third kappa shape index (κ3) is 4.07. The number of urea groups is 1. The molecule has 1 unspecified atom stereocenters. The summed E-state index contributed by atoms with van der Waals surface area (Å²) in [4.78, 5) is 20.5. The van der Waals surface area contributed by atoms with Crippen molar-refractivity contribution in [1.82, 2.24) is 15.2 Å². The summed E-state index contributed by atoms with van der Waals surface area (Å²) in [6, 6.07) is 5.95. The zero-order chi connectivity index (χ0) is 15.2. The molecule has 1 fully saturated rings. The summed E-state index contributed by atoms with van der Waals surface area (Å²) in [5.41, 5.74) is 0.855. The summed E-state index contributed by atoms with van der Waals surface area (Å²) in [5.74, 6) is 0.887. The molecule has 1 aromatic heterocycles. The van der Waals surface area contributed by atoms with Gasteiger partial charge in [0.2, 0.25) is 0 Å². The molecule has 21 heavy (non-hydrogen) atoms. The van der Waals surface area contributed by atoms with Crippen LogP contribution in [0.3, 0.4) is 0 Å². The van der Waals surface area contributed by atoms with Gasteiger partial charge in [-0.3, -0.25) is 0 Å². The number of anilines is 1. The van der Waals surface area contributed by atoms with Crippen molar-refractivity contribution in [2.45, 2.75) is 25.9 Å². The largest absolute Gasteiger partial charge is 0.379 e. The number of carbonyl (C=O) groups excluding carboxylic acids is 1. The molecule has 116 valence electrons. The van der Waals surface area contributed by atoms with Crippen LogP contribution in [-0.4, -0.2) is 55.8 Å². The summed E-state index contributed by atoms with van der Waals surface area (Å²) in [6.07, 6.45) is 0.912. The second kappa shape index (κ2) is 7.26. The second-order valence-electron chi connectivity index (χ2n) is 5.34. The van der Waals surface area contributed by atoms with Crippen LogP contribution in [-0.2, 0) is 11.3 Å². The average Bonchev–Trinajstić information content (AvgIpc) is 3.00. The number of pyridine rings is 1. The van der Waals surface area contributed by atoms with Gasteiger partial charge >= 0.3 is 6.03 Å². The van der Waals surface area contributed by atoms with Crippen LogP contribution < -0.4 is 10.2 Å². The van der Waals surface area contributed by atoms with E-state index in [2.05, 4.69) is 10.3 Å². The van der Waals surface area contributed by atoms with E-state index >= 15 is 0 Å². The van der Waals surface area contributed by atoms with E-state index in [-0.39, 0.29) is 12.1 Å². The number of carbonyl (C=O) groups is 1. The highest BCUT2D eigenvalue weighted by Crippen LogP contribution is 2.12. The van der Waals surface area contributed by atoms with Crippen LogP contribution in [0.15, 0.2) is 18.2 Å². The highest BCUT2D eigenvalue weighted by atomic mass is 16.5. The molecular weight excluding hydrogens is 268 g/mol. The minimum Gasteiger partial charge on any atom is -0.379 e. The van der Waals surface area contributed by atoms with E-state index in [9.17, 15) is 4.79 Å². The molecular formula is C15H24N4O2. The predicted molar refractivity (Wildman–Crippen MR) is 82.4 cm³/mol. The molecule has 1 saturated heterocycles. The average molecular weight is 292 g/mol. The summed E-state index contributed by atoms with van der Waals surface area (Å²) in [5, 5.41) is 2.94. The van der Waals surface area contributed by atoms with Gasteiger partial charge in [0, 0.05) is 27.2 Å². The smallest absolute Gasteiger partial charge is 0.318 e. The van der Waals surface area contributed by atoms with Crippen molar-refractivity contribution >= 4 is 11.8 Å². The number of rotatable bonds is 5. The lowest BCUT2D eigenvalue weighted by Crippen LogP contribution is -2.46. The fourth-order valence-electron chi connectivity index (χ4n) is 2.42. The van der Waals surface area contributed by atoms with Crippen molar-refractivity contribution in [3.8, 4) is 0 Å². The lowest BCUT2D eigenvalue weighted by Gasteiger charge is -2.26. The minimum atomic E-state index is -0.0509. The van der Waals surface area contributed by atoms with Gasteiger partial charge in [0.25, 0.3) is 0 Å². The molecule has 6 heteroatoms. The van der Waals surface area contributed by atoms with Gasteiger partial charge in [0.1, 0.15) is 5.82 Å². The standard InChI is InChI=1S/C15H24N4O2/c1-4-19(13-8-9-21-11-13)15(20)16-10-12-6-5-7-14(17-12)18(2)3/h5-7,13H,4,8-11H2,1-3H3,(H,16,20). The fraction of sp³-hybridized carbons (Fsp3) is 0.600. The Balaban J connectivity index is 1.92. The first-order chi connectivity index (χ1) is 10.1. The SMILES string of the molecule is CCN(C(=O)NCc1cccc(N(C)C)n1)C1CCOC1. The fourth-order valence-corrected chi connectivity index (χ4v) is 2.42. The molecule has 1 aliphatic heterocycles. The lowest BCUT2D eigenvalue weighted by molar-refractivity contribution is 0.149.